The predicted molar refractivity (Wildman–Crippen MR) is 125 cm³/mol. The number of carbonyl (C=O) groups is 1. The van der Waals surface area contributed by atoms with Gasteiger partial charge in [0.05, 0.1) is 25.6 Å². The third-order valence-electron chi connectivity index (χ3n) is 4.43. The van der Waals surface area contributed by atoms with Gasteiger partial charge in [-0.25, -0.2) is 9.97 Å². The first kappa shape index (κ1) is 20.8. The summed E-state index contributed by atoms with van der Waals surface area (Å²) in [5.74, 6) is 1.13. The van der Waals surface area contributed by atoms with Crippen molar-refractivity contribution < 1.29 is 14.3 Å². The van der Waals surface area contributed by atoms with Gasteiger partial charge in [0.1, 0.15) is 11.5 Å². The molecular formula is C22H20N4O3S2. The van der Waals surface area contributed by atoms with E-state index in [9.17, 15) is 4.79 Å². The van der Waals surface area contributed by atoms with Gasteiger partial charge in [0, 0.05) is 33.6 Å². The van der Waals surface area contributed by atoms with Gasteiger partial charge in [0.15, 0.2) is 10.3 Å². The summed E-state index contributed by atoms with van der Waals surface area (Å²) in [6, 6.07) is 12.8. The monoisotopic (exact) mass is 452 g/mol. The van der Waals surface area contributed by atoms with Crippen LogP contribution in [0.25, 0.3) is 11.3 Å². The van der Waals surface area contributed by atoms with Crippen molar-refractivity contribution in [3.05, 3.63) is 64.5 Å². The van der Waals surface area contributed by atoms with E-state index in [2.05, 4.69) is 20.6 Å². The van der Waals surface area contributed by atoms with Gasteiger partial charge in [-0.2, -0.15) is 0 Å². The number of nitrogens with one attached hydrogen (secondary N) is 2. The number of nitrogens with zero attached hydrogens (tertiary/aromatic N) is 2. The average molecular weight is 453 g/mol. The molecule has 4 rings (SSSR count). The van der Waals surface area contributed by atoms with Gasteiger partial charge in [-0.05, 0) is 43.3 Å². The van der Waals surface area contributed by atoms with Crippen molar-refractivity contribution in [1.29, 1.82) is 0 Å². The number of thiazole rings is 2. The highest BCUT2D eigenvalue weighted by Crippen LogP contribution is 2.35. The van der Waals surface area contributed by atoms with E-state index in [0.717, 1.165) is 27.8 Å². The molecule has 31 heavy (non-hydrogen) atoms. The molecule has 2 N–H and O–H groups in total. The largest absolute Gasteiger partial charge is 0.497 e. The fraction of sp³-hybridized carbons (Fsp3) is 0.136. The molecule has 0 atom stereocenters. The van der Waals surface area contributed by atoms with Crippen molar-refractivity contribution in [2.24, 2.45) is 0 Å². The maximum atomic E-state index is 12.6. The molecule has 0 aliphatic carbocycles. The summed E-state index contributed by atoms with van der Waals surface area (Å²) in [5, 5.41) is 11.3. The lowest BCUT2D eigenvalue weighted by Crippen LogP contribution is -2.11. The van der Waals surface area contributed by atoms with Crippen molar-refractivity contribution in [2.45, 2.75) is 6.92 Å². The van der Waals surface area contributed by atoms with E-state index in [0.29, 0.717) is 22.2 Å². The summed E-state index contributed by atoms with van der Waals surface area (Å²) >= 11 is 2.89. The first-order valence-electron chi connectivity index (χ1n) is 9.34. The van der Waals surface area contributed by atoms with Crippen molar-refractivity contribution in [1.82, 2.24) is 9.97 Å². The Kier molecular flexibility index (Phi) is 6.15. The molecule has 0 bridgehead atoms. The quantitative estimate of drug-likeness (QED) is 0.380. The molecule has 0 aliphatic heterocycles. The van der Waals surface area contributed by atoms with Crippen molar-refractivity contribution >= 4 is 44.5 Å². The number of benzene rings is 2. The minimum absolute atomic E-state index is 0.223. The molecule has 9 heteroatoms. The molecule has 0 spiro atoms. The molecule has 0 saturated heterocycles. The third-order valence-corrected chi connectivity index (χ3v) is 6.06. The summed E-state index contributed by atoms with van der Waals surface area (Å²) in [6.07, 6.45) is 0. The van der Waals surface area contributed by atoms with Gasteiger partial charge >= 0.3 is 0 Å². The van der Waals surface area contributed by atoms with Gasteiger partial charge < -0.3 is 14.8 Å². The standard InChI is InChI=1S/C22H20N4O3S2/c1-13-11-30-21(23-13)24-15-6-4-14(5-7-15)20(27)26-22-25-18(12-31-22)17-9-8-16(28-2)10-19(17)29-3/h4-12H,1-3H3,(H,23,24)(H,25,26,27). The number of amides is 1. The van der Waals surface area contributed by atoms with Crippen LogP contribution in [-0.4, -0.2) is 30.1 Å². The Labute approximate surface area is 187 Å². The van der Waals surface area contributed by atoms with Crippen LogP contribution in [0.4, 0.5) is 16.0 Å². The summed E-state index contributed by atoms with van der Waals surface area (Å²) < 4.78 is 10.7. The number of anilines is 3. The molecule has 0 aliphatic rings. The van der Waals surface area contributed by atoms with Gasteiger partial charge in [-0.15, -0.1) is 22.7 Å². The number of aryl methyl sites for hydroxylation is 1. The fourth-order valence-corrected chi connectivity index (χ4v) is 4.29. The average Bonchev–Trinajstić information content (AvgIpc) is 3.42. The fourth-order valence-electron chi connectivity index (χ4n) is 2.87. The molecular weight excluding hydrogens is 432 g/mol. The number of hydrogen-bond donors (Lipinski definition) is 2. The number of methoxy groups -OCH3 is 2. The normalized spacial score (nSPS) is 10.5. The molecule has 2 heterocycles. The predicted octanol–water partition coefficient (Wildman–Crippen LogP) is 5.59. The second-order valence-corrected chi connectivity index (χ2v) is 8.27. The molecule has 2 aromatic carbocycles. The lowest BCUT2D eigenvalue weighted by Gasteiger charge is -2.08. The van der Waals surface area contributed by atoms with Crippen LogP contribution in [0.2, 0.25) is 0 Å². The SMILES string of the molecule is COc1ccc(-c2csc(NC(=O)c3ccc(Nc4nc(C)cs4)cc3)n2)c(OC)c1. The third kappa shape index (κ3) is 4.84. The van der Waals surface area contributed by atoms with Gasteiger partial charge in [-0.3, -0.25) is 10.1 Å². The minimum Gasteiger partial charge on any atom is -0.497 e. The molecule has 0 unspecified atom stereocenters. The van der Waals surface area contributed by atoms with E-state index in [1.807, 2.05) is 41.9 Å². The lowest BCUT2D eigenvalue weighted by atomic mass is 10.1. The van der Waals surface area contributed by atoms with E-state index in [1.165, 1.54) is 22.7 Å². The van der Waals surface area contributed by atoms with E-state index in [4.69, 9.17) is 9.47 Å². The van der Waals surface area contributed by atoms with Crippen molar-refractivity contribution in [2.75, 3.05) is 24.9 Å². The highest BCUT2D eigenvalue weighted by Gasteiger charge is 2.14. The summed E-state index contributed by atoms with van der Waals surface area (Å²) in [7, 11) is 3.20. The summed E-state index contributed by atoms with van der Waals surface area (Å²) in [6.45, 7) is 1.95. The zero-order valence-electron chi connectivity index (χ0n) is 17.1. The molecule has 7 nitrogen and oxygen atoms in total. The van der Waals surface area contributed by atoms with Crippen LogP contribution in [-0.2, 0) is 0 Å². The number of ether oxygens (including phenoxy) is 2. The van der Waals surface area contributed by atoms with Crippen LogP contribution >= 0.6 is 22.7 Å². The van der Waals surface area contributed by atoms with E-state index >= 15 is 0 Å². The molecule has 2 aromatic heterocycles. The Balaban J connectivity index is 1.44. The topological polar surface area (TPSA) is 85.4 Å². The number of carbonyl (C=O) groups excluding carboxylic acids is 1. The van der Waals surface area contributed by atoms with Gasteiger partial charge in [-0.1, -0.05) is 0 Å². The molecule has 1 amide bonds. The van der Waals surface area contributed by atoms with E-state index < -0.39 is 0 Å². The van der Waals surface area contributed by atoms with Crippen molar-refractivity contribution in [3.63, 3.8) is 0 Å². The van der Waals surface area contributed by atoms with E-state index in [-0.39, 0.29) is 5.91 Å². The maximum absolute atomic E-state index is 12.6. The molecule has 0 fully saturated rings. The Morgan fingerprint density at radius 1 is 0.935 bits per heavy atom. The lowest BCUT2D eigenvalue weighted by molar-refractivity contribution is 0.102. The number of aromatic nitrogens is 2. The number of hydrogen-bond acceptors (Lipinski definition) is 8. The first-order chi connectivity index (χ1) is 15.1. The zero-order chi connectivity index (χ0) is 21.8. The smallest absolute Gasteiger partial charge is 0.257 e. The van der Waals surface area contributed by atoms with Crippen LogP contribution in [0.5, 0.6) is 11.5 Å². The number of rotatable bonds is 7. The van der Waals surface area contributed by atoms with E-state index in [1.54, 1.807) is 32.4 Å². The molecule has 158 valence electrons. The Morgan fingerprint density at radius 3 is 2.39 bits per heavy atom. The summed E-state index contributed by atoms with van der Waals surface area (Å²) in [4.78, 5) is 21.5. The highest BCUT2D eigenvalue weighted by molar-refractivity contribution is 7.14. The zero-order valence-corrected chi connectivity index (χ0v) is 18.8. The second-order valence-electron chi connectivity index (χ2n) is 6.55. The summed E-state index contributed by atoms with van der Waals surface area (Å²) in [5.41, 5.74) is 3.93. The van der Waals surface area contributed by atoms with Crippen LogP contribution in [0, 0.1) is 6.92 Å². The second kappa shape index (κ2) is 9.15. The van der Waals surface area contributed by atoms with Gasteiger partial charge in [0.2, 0.25) is 0 Å². The Morgan fingerprint density at radius 2 is 1.71 bits per heavy atom. The van der Waals surface area contributed by atoms with Crippen molar-refractivity contribution in [3.8, 4) is 22.8 Å². The highest BCUT2D eigenvalue weighted by atomic mass is 32.1. The maximum Gasteiger partial charge on any atom is 0.257 e. The minimum atomic E-state index is -0.223. The van der Waals surface area contributed by atoms with Gasteiger partial charge in [0.25, 0.3) is 5.91 Å². The molecule has 4 aromatic rings. The molecule has 0 saturated carbocycles. The van der Waals surface area contributed by atoms with Crippen LogP contribution in [0.15, 0.2) is 53.2 Å². The van der Waals surface area contributed by atoms with Crippen LogP contribution in [0.3, 0.4) is 0 Å². The first-order valence-corrected chi connectivity index (χ1v) is 11.1. The van der Waals surface area contributed by atoms with Crippen LogP contribution in [0.1, 0.15) is 16.1 Å². The van der Waals surface area contributed by atoms with Crippen LogP contribution < -0.4 is 20.1 Å². The molecule has 0 radical (unpaired) electrons. The Bertz CT molecular complexity index is 1200. The Hall–Kier alpha value is -3.43.